The molecule has 0 aliphatic heterocycles. The first-order valence-corrected chi connectivity index (χ1v) is 11.7. The van der Waals surface area contributed by atoms with Crippen molar-refractivity contribution in [2.75, 3.05) is 0 Å². The fourth-order valence-corrected chi connectivity index (χ4v) is 9.64. The van der Waals surface area contributed by atoms with Crippen molar-refractivity contribution in [3.05, 3.63) is 91.0 Å². The summed E-state index contributed by atoms with van der Waals surface area (Å²) in [5.41, 5.74) is 0.685. The smallest absolute Gasteiger partial charge is 0.0652 e. The number of rotatable bonds is 8. The van der Waals surface area contributed by atoms with E-state index < -0.39 is 7.26 Å². The first kappa shape index (κ1) is 18.9. The normalized spacial score (nSPS) is 11.7. The molecule has 0 bridgehead atoms. The van der Waals surface area contributed by atoms with Crippen molar-refractivity contribution in [2.45, 2.75) is 45.2 Å². The summed E-state index contributed by atoms with van der Waals surface area (Å²) < 4.78 is 0. The zero-order valence-electron chi connectivity index (χ0n) is 16.0. The quantitative estimate of drug-likeness (QED) is 0.435. The summed E-state index contributed by atoms with van der Waals surface area (Å²) in [5, 5.41) is 4.55. The SMILES string of the molecule is CCCC(CCC)[P+](c1ccccc1)(c1ccccc1)c1ccccc1. The van der Waals surface area contributed by atoms with E-state index in [1.54, 1.807) is 0 Å². The molecule has 0 nitrogen and oxygen atoms in total. The summed E-state index contributed by atoms with van der Waals surface area (Å²) in [6.45, 7) is 4.66. The molecule has 3 aromatic carbocycles. The van der Waals surface area contributed by atoms with Crippen molar-refractivity contribution in [2.24, 2.45) is 0 Å². The lowest BCUT2D eigenvalue weighted by atomic mass is 10.1. The first-order valence-electron chi connectivity index (χ1n) is 9.89. The van der Waals surface area contributed by atoms with Gasteiger partial charge in [0.05, 0.1) is 5.66 Å². The minimum absolute atomic E-state index is 0.685. The van der Waals surface area contributed by atoms with Crippen molar-refractivity contribution >= 4 is 23.2 Å². The Labute approximate surface area is 159 Å². The molecule has 0 heterocycles. The molecule has 0 N–H and O–H groups in total. The van der Waals surface area contributed by atoms with Crippen LogP contribution >= 0.6 is 7.26 Å². The lowest BCUT2D eigenvalue weighted by Gasteiger charge is -2.35. The predicted molar refractivity (Wildman–Crippen MR) is 119 cm³/mol. The Morgan fingerprint density at radius 3 is 1.12 bits per heavy atom. The molecule has 0 saturated carbocycles. The molecule has 0 amide bonds. The third-order valence-corrected chi connectivity index (χ3v) is 10.2. The Bertz CT molecular complexity index is 662. The third kappa shape index (κ3) is 3.62. The van der Waals surface area contributed by atoms with Crippen LogP contribution in [0.4, 0.5) is 0 Å². The number of benzene rings is 3. The van der Waals surface area contributed by atoms with Gasteiger partial charge in [-0.1, -0.05) is 81.3 Å². The van der Waals surface area contributed by atoms with Crippen molar-refractivity contribution in [1.29, 1.82) is 0 Å². The van der Waals surface area contributed by atoms with Crippen molar-refractivity contribution < 1.29 is 0 Å². The largest absolute Gasteiger partial charge is 0.115 e. The van der Waals surface area contributed by atoms with Gasteiger partial charge in [0.15, 0.2) is 0 Å². The average Bonchev–Trinajstić information content (AvgIpc) is 2.71. The molecule has 3 aromatic rings. The second-order valence-electron chi connectivity index (χ2n) is 6.96. The predicted octanol–water partition coefficient (Wildman–Crippen LogP) is 5.95. The van der Waals surface area contributed by atoms with Gasteiger partial charge in [-0.25, -0.2) is 0 Å². The average molecular weight is 361 g/mol. The molecule has 0 saturated heterocycles. The van der Waals surface area contributed by atoms with Crippen LogP contribution in [0.2, 0.25) is 0 Å². The molecule has 3 rings (SSSR count). The van der Waals surface area contributed by atoms with Crippen LogP contribution in [-0.4, -0.2) is 5.66 Å². The Morgan fingerprint density at radius 2 is 0.846 bits per heavy atom. The molecule has 0 aromatic heterocycles. The van der Waals surface area contributed by atoms with Gasteiger partial charge in [0, 0.05) is 0 Å². The van der Waals surface area contributed by atoms with E-state index in [2.05, 4.69) is 105 Å². The molecule has 0 spiro atoms. The molecule has 0 aliphatic rings. The van der Waals surface area contributed by atoms with Gasteiger partial charge in [0.2, 0.25) is 0 Å². The second-order valence-corrected chi connectivity index (χ2v) is 10.7. The van der Waals surface area contributed by atoms with E-state index in [1.165, 1.54) is 41.6 Å². The maximum atomic E-state index is 2.37. The summed E-state index contributed by atoms with van der Waals surface area (Å²) in [5.74, 6) is 0. The Balaban J connectivity index is 2.34. The van der Waals surface area contributed by atoms with Crippen molar-refractivity contribution in [1.82, 2.24) is 0 Å². The van der Waals surface area contributed by atoms with E-state index in [9.17, 15) is 0 Å². The van der Waals surface area contributed by atoms with Crippen LogP contribution in [0.25, 0.3) is 0 Å². The van der Waals surface area contributed by atoms with Crippen molar-refractivity contribution in [3.8, 4) is 0 Å². The van der Waals surface area contributed by atoms with Crippen LogP contribution in [0.1, 0.15) is 39.5 Å². The maximum absolute atomic E-state index is 2.37. The lowest BCUT2D eigenvalue weighted by Crippen LogP contribution is -2.38. The van der Waals surface area contributed by atoms with Gasteiger partial charge in [0.25, 0.3) is 0 Å². The van der Waals surface area contributed by atoms with E-state index in [0.29, 0.717) is 5.66 Å². The highest BCUT2D eigenvalue weighted by Crippen LogP contribution is 2.62. The zero-order valence-corrected chi connectivity index (χ0v) is 16.9. The maximum Gasteiger partial charge on any atom is 0.115 e. The van der Waals surface area contributed by atoms with E-state index in [-0.39, 0.29) is 0 Å². The lowest BCUT2D eigenvalue weighted by molar-refractivity contribution is 0.665. The van der Waals surface area contributed by atoms with Crippen LogP contribution in [0.15, 0.2) is 91.0 Å². The molecule has 0 atom stereocenters. The number of hydrogen-bond donors (Lipinski definition) is 0. The van der Waals surface area contributed by atoms with Gasteiger partial charge in [-0.3, -0.25) is 0 Å². The van der Waals surface area contributed by atoms with E-state index >= 15 is 0 Å². The summed E-state index contributed by atoms with van der Waals surface area (Å²) >= 11 is 0. The van der Waals surface area contributed by atoms with Crippen LogP contribution < -0.4 is 15.9 Å². The Hall–Kier alpha value is -1.91. The summed E-state index contributed by atoms with van der Waals surface area (Å²) in [4.78, 5) is 0. The highest BCUT2D eigenvalue weighted by atomic mass is 31.2. The Morgan fingerprint density at radius 1 is 0.538 bits per heavy atom. The molecular weight excluding hydrogens is 331 g/mol. The summed E-state index contributed by atoms with van der Waals surface area (Å²) in [6.07, 6.45) is 5.03. The number of hydrogen-bond acceptors (Lipinski definition) is 0. The second kappa shape index (κ2) is 9.15. The highest BCUT2D eigenvalue weighted by Gasteiger charge is 2.51. The van der Waals surface area contributed by atoms with Crippen LogP contribution in [0.3, 0.4) is 0 Å². The van der Waals surface area contributed by atoms with Gasteiger partial charge >= 0.3 is 0 Å². The monoisotopic (exact) mass is 361 g/mol. The molecule has 1 heteroatoms. The minimum Gasteiger partial charge on any atom is -0.0652 e. The molecule has 0 aliphatic carbocycles. The first-order chi connectivity index (χ1) is 12.8. The standard InChI is InChI=1S/C25H30P/c1-3-14-22(15-4-2)26(23-16-8-5-9-17-23,24-18-10-6-11-19-24)25-20-12-7-13-21-25/h5-13,16-22H,3-4,14-15H2,1-2H3/q+1. The van der Waals surface area contributed by atoms with Gasteiger partial charge in [-0.2, -0.15) is 0 Å². The minimum atomic E-state index is -1.70. The van der Waals surface area contributed by atoms with Crippen molar-refractivity contribution in [3.63, 3.8) is 0 Å². The molecule has 26 heavy (non-hydrogen) atoms. The van der Waals surface area contributed by atoms with E-state index in [1.807, 2.05) is 0 Å². The van der Waals surface area contributed by atoms with Crippen LogP contribution in [0, 0.1) is 0 Å². The summed E-state index contributed by atoms with van der Waals surface area (Å²) in [7, 11) is -1.70. The molecule has 134 valence electrons. The molecule has 0 radical (unpaired) electrons. The molecular formula is C25H30P+. The van der Waals surface area contributed by atoms with E-state index in [0.717, 1.165) is 0 Å². The fourth-order valence-electron chi connectivity index (χ4n) is 4.27. The van der Waals surface area contributed by atoms with Gasteiger partial charge in [-0.05, 0) is 49.2 Å². The highest BCUT2D eigenvalue weighted by molar-refractivity contribution is 7.96. The van der Waals surface area contributed by atoms with Gasteiger partial charge < -0.3 is 0 Å². The molecule has 0 fully saturated rings. The fraction of sp³-hybridized carbons (Fsp3) is 0.280. The molecule has 0 unspecified atom stereocenters. The van der Waals surface area contributed by atoms with E-state index in [4.69, 9.17) is 0 Å². The Kier molecular flexibility index (Phi) is 6.64. The zero-order chi connectivity index (χ0) is 18.2. The van der Waals surface area contributed by atoms with Crippen LogP contribution in [-0.2, 0) is 0 Å². The third-order valence-electron chi connectivity index (χ3n) is 5.28. The summed E-state index contributed by atoms with van der Waals surface area (Å²) in [6, 6.07) is 33.9. The van der Waals surface area contributed by atoms with Gasteiger partial charge in [0.1, 0.15) is 23.2 Å². The van der Waals surface area contributed by atoms with Crippen LogP contribution in [0.5, 0.6) is 0 Å². The van der Waals surface area contributed by atoms with Gasteiger partial charge in [-0.15, -0.1) is 0 Å². The topological polar surface area (TPSA) is 0 Å².